The number of likely N-dealkylation sites (tertiary alicyclic amines) is 1. The lowest BCUT2D eigenvalue weighted by molar-refractivity contribution is -0.149. The first-order chi connectivity index (χ1) is 12.0. The van der Waals surface area contributed by atoms with Crippen molar-refractivity contribution in [1.29, 1.82) is 0 Å². The molecule has 0 bridgehead atoms. The van der Waals surface area contributed by atoms with Crippen LogP contribution in [0.4, 0.5) is 0 Å². The van der Waals surface area contributed by atoms with Crippen molar-refractivity contribution in [2.75, 3.05) is 13.7 Å². The summed E-state index contributed by atoms with van der Waals surface area (Å²) in [5.41, 5.74) is 1.04. The van der Waals surface area contributed by atoms with Gasteiger partial charge in [-0.25, -0.2) is 0 Å². The molecule has 0 aromatic heterocycles. The number of rotatable bonds is 5. The smallest absolute Gasteiger partial charge is 0.313 e. The summed E-state index contributed by atoms with van der Waals surface area (Å²) in [6.07, 6.45) is -0.769. The lowest BCUT2D eigenvalue weighted by Crippen LogP contribution is -2.48. The molecule has 1 aliphatic rings. The minimum Gasteiger partial charge on any atom is -0.469 e. The summed E-state index contributed by atoms with van der Waals surface area (Å²) in [6.45, 7) is 12.9. The number of methoxy groups -OCH3 is 1. The van der Waals surface area contributed by atoms with Crippen molar-refractivity contribution in [2.45, 2.75) is 58.0 Å². The lowest BCUT2D eigenvalue weighted by atomic mass is 10.1. The van der Waals surface area contributed by atoms with Gasteiger partial charge < -0.3 is 14.1 Å². The number of esters is 1. The zero-order valence-electron chi connectivity index (χ0n) is 16.9. The highest BCUT2D eigenvalue weighted by atomic mass is 28.4. The molecule has 3 unspecified atom stereocenters. The number of ether oxygens (including phenoxy) is 1. The molecule has 2 rings (SSSR count). The topological polar surface area (TPSA) is 55.8 Å². The Morgan fingerprint density at radius 1 is 1.23 bits per heavy atom. The van der Waals surface area contributed by atoms with E-state index in [4.69, 9.17) is 9.16 Å². The molecule has 1 aliphatic heterocycles. The fourth-order valence-electron chi connectivity index (χ4n) is 2.97. The van der Waals surface area contributed by atoms with Crippen LogP contribution in [0.1, 0.15) is 39.3 Å². The molecule has 3 atom stereocenters. The van der Waals surface area contributed by atoms with Crippen molar-refractivity contribution >= 4 is 20.2 Å². The lowest BCUT2D eigenvalue weighted by Gasteiger charge is -2.38. The van der Waals surface area contributed by atoms with Crippen LogP contribution in [-0.2, 0) is 18.8 Å². The van der Waals surface area contributed by atoms with E-state index < -0.39 is 20.3 Å². The van der Waals surface area contributed by atoms with Gasteiger partial charge in [0.1, 0.15) is 12.0 Å². The van der Waals surface area contributed by atoms with Crippen molar-refractivity contribution in [1.82, 2.24) is 4.90 Å². The van der Waals surface area contributed by atoms with E-state index >= 15 is 0 Å². The molecule has 0 spiro atoms. The fourth-order valence-corrected chi connectivity index (χ4v) is 4.22. The minimum atomic E-state index is -2.21. The normalized spacial score (nSPS) is 22.4. The second kappa shape index (κ2) is 7.52. The fraction of sp³-hybridized carbons (Fsp3) is 0.600. The molecule has 0 saturated carbocycles. The van der Waals surface area contributed by atoms with Crippen LogP contribution in [0.15, 0.2) is 30.3 Å². The molecule has 144 valence electrons. The van der Waals surface area contributed by atoms with Gasteiger partial charge in [-0.1, -0.05) is 51.1 Å². The highest BCUT2D eigenvalue weighted by Gasteiger charge is 2.51. The van der Waals surface area contributed by atoms with E-state index in [1.807, 2.05) is 37.3 Å². The second-order valence-corrected chi connectivity index (χ2v) is 13.3. The number of hydrogen-bond acceptors (Lipinski definition) is 4. The number of carbonyl (C=O) groups is 2. The summed E-state index contributed by atoms with van der Waals surface area (Å²) in [4.78, 5) is 27.3. The molecule has 5 nitrogen and oxygen atoms in total. The van der Waals surface area contributed by atoms with E-state index in [9.17, 15) is 9.59 Å². The molecule has 0 N–H and O–H groups in total. The maximum Gasteiger partial charge on any atom is 0.313 e. The van der Waals surface area contributed by atoms with Gasteiger partial charge in [-0.2, -0.15) is 0 Å². The summed E-state index contributed by atoms with van der Waals surface area (Å²) in [5.74, 6) is -1.10. The SMILES string of the molecule is COC(=O)C1CN(C(C)c2ccccc2)C(=O)C1O[Si](C)(C)C(C)(C)C. The first-order valence-corrected chi connectivity index (χ1v) is 12.0. The van der Waals surface area contributed by atoms with Gasteiger partial charge in [-0.15, -0.1) is 0 Å². The summed E-state index contributed by atoms with van der Waals surface area (Å²) in [7, 11) is -0.850. The average molecular weight is 378 g/mol. The maximum atomic E-state index is 13.2. The van der Waals surface area contributed by atoms with E-state index in [0.717, 1.165) is 5.56 Å². The Labute approximate surface area is 157 Å². The predicted molar refractivity (Wildman–Crippen MR) is 104 cm³/mol. The van der Waals surface area contributed by atoms with Gasteiger partial charge in [-0.05, 0) is 30.6 Å². The molecule has 1 aromatic carbocycles. The Hall–Kier alpha value is -1.66. The van der Waals surface area contributed by atoms with E-state index in [1.165, 1.54) is 7.11 Å². The van der Waals surface area contributed by atoms with Crippen molar-refractivity contribution in [3.63, 3.8) is 0 Å². The van der Waals surface area contributed by atoms with Crippen LogP contribution in [0.25, 0.3) is 0 Å². The molecule has 1 heterocycles. The van der Waals surface area contributed by atoms with E-state index in [1.54, 1.807) is 4.90 Å². The molecule has 1 fully saturated rings. The molecular formula is C20H31NO4Si. The van der Waals surface area contributed by atoms with Crippen molar-refractivity contribution in [2.24, 2.45) is 5.92 Å². The number of carbonyl (C=O) groups excluding carboxylic acids is 2. The van der Waals surface area contributed by atoms with E-state index in [-0.39, 0.29) is 23.0 Å². The van der Waals surface area contributed by atoms with Crippen LogP contribution in [0, 0.1) is 5.92 Å². The van der Waals surface area contributed by atoms with Crippen molar-refractivity contribution in [3.8, 4) is 0 Å². The van der Waals surface area contributed by atoms with Crippen molar-refractivity contribution in [3.05, 3.63) is 35.9 Å². The number of amides is 1. The highest BCUT2D eigenvalue weighted by Crippen LogP contribution is 2.40. The summed E-state index contributed by atoms with van der Waals surface area (Å²) in [6, 6.07) is 9.72. The molecule has 6 heteroatoms. The third-order valence-electron chi connectivity index (χ3n) is 5.77. The van der Waals surface area contributed by atoms with Crippen molar-refractivity contribution < 1.29 is 18.8 Å². The van der Waals surface area contributed by atoms with Gasteiger partial charge in [0.15, 0.2) is 8.32 Å². The van der Waals surface area contributed by atoms with Crippen LogP contribution >= 0.6 is 0 Å². The molecular weight excluding hydrogens is 346 g/mol. The predicted octanol–water partition coefficient (Wildman–Crippen LogP) is 3.77. The first kappa shape index (κ1) is 20.6. The monoisotopic (exact) mass is 377 g/mol. The van der Waals surface area contributed by atoms with E-state index in [0.29, 0.717) is 6.54 Å². The van der Waals surface area contributed by atoms with Gasteiger partial charge in [0.05, 0.1) is 13.2 Å². The Bertz CT molecular complexity index is 654. The summed E-state index contributed by atoms with van der Waals surface area (Å²) >= 11 is 0. The van der Waals surface area contributed by atoms with Crippen LogP contribution in [0.3, 0.4) is 0 Å². The number of benzene rings is 1. The standard InChI is InChI=1S/C20H31NO4Si/c1-14(15-11-9-8-10-12-15)21-13-16(19(23)24-5)17(18(21)22)25-26(6,7)20(2,3)4/h8-12,14,16-17H,13H2,1-7H3. The zero-order chi connectivity index (χ0) is 19.7. The molecule has 0 radical (unpaired) electrons. The van der Waals surface area contributed by atoms with Crippen LogP contribution in [-0.4, -0.2) is 44.9 Å². The minimum absolute atomic E-state index is 0.0492. The average Bonchev–Trinajstić information content (AvgIpc) is 2.89. The largest absolute Gasteiger partial charge is 0.469 e. The highest BCUT2D eigenvalue weighted by molar-refractivity contribution is 6.74. The second-order valence-electron chi connectivity index (χ2n) is 8.51. The maximum absolute atomic E-state index is 13.2. The van der Waals surface area contributed by atoms with Crippen LogP contribution in [0.5, 0.6) is 0 Å². The third kappa shape index (κ3) is 4.01. The Kier molecular flexibility index (Phi) is 5.98. The Morgan fingerprint density at radius 2 is 1.81 bits per heavy atom. The molecule has 1 amide bonds. The van der Waals surface area contributed by atoms with Gasteiger partial charge in [-0.3, -0.25) is 9.59 Å². The Morgan fingerprint density at radius 3 is 2.31 bits per heavy atom. The van der Waals surface area contributed by atoms with Crippen LogP contribution in [0.2, 0.25) is 18.1 Å². The van der Waals surface area contributed by atoms with Gasteiger partial charge in [0.25, 0.3) is 5.91 Å². The molecule has 0 aliphatic carbocycles. The summed E-state index contributed by atoms with van der Waals surface area (Å²) in [5, 5.41) is -0.0492. The first-order valence-electron chi connectivity index (χ1n) is 9.10. The number of hydrogen-bond donors (Lipinski definition) is 0. The van der Waals surface area contributed by atoms with Gasteiger partial charge in [0, 0.05) is 6.54 Å². The van der Waals surface area contributed by atoms with E-state index in [2.05, 4.69) is 33.9 Å². The van der Waals surface area contributed by atoms with Gasteiger partial charge in [0.2, 0.25) is 0 Å². The third-order valence-corrected chi connectivity index (χ3v) is 10.2. The van der Waals surface area contributed by atoms with Gasteiger partial charge >= 0.3 is 5.97 Å². The number of nitrogens with zero attached hydrogens (tertiary/aromatic N) is 1. The Balaban J connectivity index is 2.31. The quantitative estimate of drug-likeness (QED) is 0.579. The molecule has 1 aromatic rings. The molecule has 1 saturated heterocycles. The van der Waals surface area contributed by atoms with Crippen LogP contribution < -0.4 is 0 Å². The summed E-state index contributed by atoms with van der Waals surface area (Å²) < 4.78 is 11.3. The zero-order valence-corrected chi connectivity index (χ0v) is 17.9. The molecule has 26 heavy (non-hydrogen) atoms.